The molecule has 0 aromatic rings. The van der Waals surface area contributed by atoms with Gasteiger partial charge < -0.3 is 19.5 Å². The predicted molar refractivity (Wildman–Crippen MR) is 57.0 cm³/mol. The Morgan fingerprint density at radius 3 is 2.88 bits per heavy atom. The summed E-state index contributed by atoms with van der Waals surface area (Å²) in [6.45, 7) is 2.24. The van der Waals surface area contributed by atoms with Crippen molar-refractivity contribution < 1.29 is 19.4 Å². The number of amides is 1. The molecule has 2 aliphatic rings. The van der Waals surface area contributed by atoms with Crippen LogP contribution in [-0.2, 0) is 14.3 Å². The number of hydrogen-bond donors (Lipinski definition) is 1. The Morgan fingerprint density at radius 1 is 1.31 bits per heavy atom. The molecule has 2 saturated heterocycles. The molecule has 5 heteroatoms. The fourth-order valence-electron chi connectivity index (χ4n) is 2.17. The maximum Gasteiger partial charge on any atom is 0.251 e. The van der Waals surface area contributed by atoms with Crippen LogP contribution in [-0.4, -0.2) is 61.0 Å². The standard InChI is InChI=1S/C11H19NO4/c13-8-9-7-12(4-6-15-9)11(14)10-3-1-2-5-16-10/h9-10,13H,1-8H2. The monoisotopic (exact) mass is 229 g/mol. The molecule has 2 aliphatic heterocycles. The highest BCUT2D eigenvalue weighted by atomic mass is 16.5. The number of nitrogens with zero attached hydrogens (tertiary/aromatic N) is 1. The summed E-state index contributed by atoms with van der Waals surface area (Å²) in [7, 11) is 0. The zero-order valence-corrected chi connectivity index (χ0v) is 9.43. The molecule has 0 spiro atoms. The van der Waals surface area contributed by atoms with E-state index in [0.717, 1.165) is 19.3 Å². The number of aliphatic hydroxyl groups excluding tert-OH is 1. The van der Waals surface area contributed by atoms with Crippen molar-refractivity contribution in [3.05, 3.63) is 0 Å². The van der Waals surface area contributed by atoms with Gasteiger partial charge in [-0.25, -0.2) is 0 Å². The molecule has 5 nitrogen and oxygen atoms in total. The molecule has 0 aliphatic carbocycles. The quantitative estimate of drug-likeness (QED) is 0.711. The molecule has 2 rings (SSSR count). The van der Waals surface area contributed by atoms with Crippen molar-refractivity contribution >= 4 is 5.91 Å². The number of rotatable bonds is 2. The molecule has 0 aromatic carbocycles. The second-order valence-corrected chi connectivity index (χ2v) is 4.31. The zero-order chi connectivity index (χ0) is 11.4. The summed E-state index contributed by atoms with van der Waals surface area (Å²) in [5.41, 5.74) is 0. The Balaban J connectivity index is 1.87. The van der Waals surface area contributed by atoms with E-state index in [2.05, 4.69) is 0 Å². The van der Waals surface area contributed by atoms with Crippen molar-refractivity contribution in [3.63, 3.8) is 0 Å². The lowest BCUT2D eigenvalue weighted by atomic mass is 10.1. The van der Waals surface area contributed by atoms with Crippen LogP contribution in [0.2, 0.25) is 0 Å². The first-order valence-electron chi connectivity index (χ1n) is 5.94. The van der Waals surface area contributed by atoms with E-state index in [-0.39, 0.29) is 24.7 Å². The molecular formula is C11H19NO4. The molecule has 0 aromatic heterocycles. The molecular weight excluding hydrogens is 210 g/mol. The van der Waals surface area contributed by atoms with Gasteiger partial charge >= 0.3 is 0 Å². The molecule has 2 unspecified atom stereocenters. The highest BCUT2D eigenvalue weighted by Gasteiger charge is 2.30. The van der Waals surface area contributed by atoms with Gasteiger partial charge in [0, 0.05) is 19.7 Å². The number of carbonyl (C=O) groups is 1. The van der Waals surface area contributed by atoms with Crippen molar-refractivity contribution in [2.24, 2.45) is 0 Å². The molecule has 0 saturated carbocycles. The van der Waals surface area contributed by atoms with Crippen LogP contribution in [0.5, 0.6) is 0 Å². The van der Waals surface area contributed by atoms with Crippen LogP contribution in [0.4, 0.5) is 0 Å². The largest absolute Gasteiger partial charge is 0.394 e. The van der Waals surface area contributed by atoms with Crippen LogP contribution < -0.4 is 0 Å². The molecule has 16 heavy (non-hydrogen) atoms. The summed E-state index contributed by atoms with van der Waals surface area (Å²) < 4.78 is 10.8. The van der Waals surface area contributed by atoms with Crippen LogP contribution in [0, 0.1) is 0 Å². The maximum atomic E-state index is 12.1. The van der Waals surface area contributed by atoms with E-state index in [0.29, 0.717) is 26.3 Å². The first-order valence-corrected chi connectivity index (χ1v) is 5.94. The van der Waals surface area contributed by atoms with Gasteiger partial charge in [-0.05, 0) is 19.3 Å². The fraction of sp³-hybridized carbons (Fsp3) is 0.909. The Morgan fingerprint density at radius 2 is 2.19 bits per heavy atom. The van der Waals surface area contributed by atoms with Crippen molar-refractivity contribution in [3.8, 4) is 0 Å². The minimum absolute atomic E-state index is 0.0324. The van der Waals surface area contributed by atoms with E-state index >= 15 is 0 Å². The van der Waals surface area contributed by atoms with Crippen molar-refractivity contribution in [1.82, 2.24) is 4.90 Å². The van der Waals surface area contributed by atoms with E-state index in [1.54, 1.807) is 4.90 Å². The molecule has 1 amide bonds. The van der Waals surface area contributed by atoms with Crippen LogP contribution in [0.15, 0.2) is 0 Å². The zero-order valence-electron chi connectivity index (χ0n) is 9.43. The maximum absolute atomic E-state index is 12.1. The third-order valence-electron chi connectivity index (χ3n) is 3.11. The number of morpholine rings is 1. The Kier molecular flexibility index (Phi) is 4.15. The van der Waals surface area contributed by atoms with Gasteiger partial charge in [-0.3, -0.25) is 4.79 Å². The molecule has 0 radical (unpaired) electrons. The third-order valence-corrected chi connectivity index (χ3v) is 3.11. The second-order valence-electron chi connectivity index (χ2n) is 4.31. The molecule has 1 N–H and O–H groups in total. The normalized spacial score (nSPS) is 31.4. The summed E-state index contributed by atoms with van der Waals surface area (Å²) in [5, 5.41) is 9.01. The molecule has 2 atom stereocenters. The SMILES string of the molecule is O=C(C1CCCCO1)N1CCOC(CO)C1. The van der Waals surface area contributed by atoms with Crippen LogP contribution in [0.25, 0.3) is 0 Å². The number of carbonyl (C=O) groups excluding carboxylic acids is 1. The highest BCUT2D eigenvalue weighted by Crippen LogP contribution is 2.16. The lowest BCUT2D eigenvalue weighted by Gasteiger charge is -2.35. The predicted octanol–water partition coefficient (Wildman–Crippen LogP) is -0.225. The first-order chi connectivity index (χ1) is 7.81. The van der Waals surface area contributed by atoms with Crippen molar-refractivity contribution in [2.45, 2.75) is 31.5 Å². The van der Waals surface area contributed by atoms with Crippen LogP contribution >= 0.6 is 0 Å². The lowest BCUT2D eigenvalue weighted by molar-refractivity contribution is -0.154. The van der Waals surface area contributed by atoms with Gasteiger partial charge in [0.1, 0.15) is 6.10 Å². The summed E-state index contributed by atoms with van der Waals surface area (Å²) in [6.07, 6.45) is 2.42. The smallest absolute Gasteiger partial charge is 0.251 e. The van der Waals surface area contributed by atoms with Gasteiger partial charge in [0.05, 0.1) is 19.3 Å². The van der Waals surface area contributed by atoms with E-state index in [1.807, 2.05) is 0 Å². The van der Waals surface area contributed by atoms with Gasteiger partial charge in [0.15, 0.2) is 0 Å². The average Bonchev–Trinajstić information content (AvgIpc) is 2.39. The molecule has 0 bridgehead atoms. The van der Waals surface area contributed by atoms with E-state index < -0.39 is 0 Å². The second kappa shape index (κ2) is 5.61. The fourth-order valence-corrected chi connectivity index (χ4v) is 2.17. The van der Waals surface area contributed by atoms with Crippen molar-refractivity contribution in [2.75, 3.05) is 32.9 Å². The third kappa shape index (κ3) is 2.72. The Hall–Kier alpha value is -0.650. The first kappa shape index (κ1) is 11.8. The lowest BCUT2D eigenvalue weighted by Crippen LogP contribution is -2.51. The molecule has 92 valence electrons. The van der Waals surface area contributed by atoms with Crippen LogP contribution in [0.1, 0.15) is 19.3 Å². The van der Waals surface area contributed by atoms with E-state index in [1.165, 1.54) is 0 Å². The highest BCUT2D eigenvalue weighted by molar-refractivity contribution is 5.81. The minimum Gasteiger partial charge on any atom is -0.394 e. The summed E-state index contributed by atoms with van der Waals surface area (Å²) in [5.74, 6) is 0.0569. The molecule has 2 fully saturated rings. The Bertz CT molecular complexity index is 240. The number of hydrogen-bond acceptors (Lipinski definition) is 4. The summed E-state index contributed by atoms with van der Waals surface area (Å²) in [4.78, 5) is 13.8. The van der Waals surface area contributed by atoms with Gasteiger partial charge in [-0.2, -0.15) is 0 Å². The Labute approximate surface area is 95.3 Å². The van der Waals surface area contributed by atoms with Gasteiger partial charge in [-0.15, -0.1) is 0 Å². The van der Waals surface area contributed by atoms with Crippen molar-refractivity contribution in [1.29, 1.82) is 0 Å². The van der Waals surface area contributed by atoms with E-state index in [9.17, 15) is 4.79 Å². The topological polar surface area (TPSA) is 59.0 Å². The van der Waals surface area contributed by atoms with Gasteiger partial charge in [0.2, 0.25) is 0 Å². The van der Waals surface area contributed by atoms with Gasteiger partial charge in [-0.1, -0.05) is 0 Å². The number of aliphatic hydroxyl groups is 1. The van der Waals surface area contributed by atoms with Crippen LogP contribution in [0.3, 0.4) is 0 Å². The summed E-state index contributed by atoms with van der Waals surface area (Å²) >= 11 is 0. The minimum atomic E-state index is -0.272. The number of ether oxygens (including phenoxy) is 2. The molecule has 2 heterocycles. The van der Waals surface area contributed by atoms with Gasteiger partial charge in [0.25, 0.3) is 5.91 Å². The average molecular weight is 229 g/mol. The van der Waals surface area contributed by atoms with E-state index in [4.69, 9.17) is 14.6 Å². The summed E-state index contributed by atoms with van der Waals surface area (Å²) in [6, 6.07) is 0.